The normalized spacial score (nSPS) is 12.2. The summed E-state index contributed by atoms with van der Waals surface area (Å²) < 4.78 is 0. The van der Waals surface area contributed by atoms with Gasteiger partial charge in [0, 0.05) is 0 Å². The van der Waals surface area contributed by atoms with Crippen LogP contribution < -0.4 is 0 Å². The molecule has 0 spiro atoms. The summed E-state index contributed by atoms with van der Waals surface area (Å²) >= 11 is 0. The zero-order chi connectivity index (χ0) is 17.5. The summed E-state index contributed by atoms with van der Waals surface area (Å²) in [5.74, 6) is 0. The molecule has 0 atom stereocenters. The Kier molecular flexibility index (Phi) is 7.43. The van der Waals surface area contributed by atoms with Gasteiger partial charge in [0.05, 0.1) is 0 Å². The van der Waals surface area contributed by atoms with Crippen LogP contribution in [0, 0.1) is 18.8 Å². The van der Waals surface area contributed by atoms with E-state index in [1.807, 2.05) is 110 Å². The Labute approximate surface area is 165 Å². The number of hydrogen-bond donors (Lipinski definition) is 0. The molecule has 0 aliphatic carbocycles. The number of rotatable bonds is 2. The van der Waals surface area contributed by atoms with Crippen LogP contribution in [0.2, 0.25) is 0 Å². The molecule has 2 heterocycles. The first kappa shape index (κ1) is 19.7. The van der Waals surface area contributed by atoms with E-state index >= 15 is 0 Å². The fourth-order valence-electron chi connectivity index (χ4n) is 2.41. The van der Waals surface area contributed by atoms with Gasteiger partial charge in [0.1, 0.15) is 0 Å². The Morgan fingerprint density at radius 2 is 1.23 bits per heavy atom. The molecule has 0 bridgehead atoms. The first-order valence-electron chi connectivity index (χ1n) is 8.11. The average molecular weight is 385 g/mol. The van der Waals surface area contributed by atoms with Crippen molar-refractivity contribution in [1.29, 1.82) is 0 Å². The molecule has 4 rings (SSSR count). The van der Waals surface area contributed by atoms with E-state index in [9.17, 15) is 0 Å². The minimum absolute atomic E-state index is 0. The van der Waals surface area contributed by atoms with Crippen molar-refractivity contribution < 1.29 is 16.5 Å². The first-order chi connectivity index (χ1) is 12.2. The van der Waals surface area contributed by atoms with Crippen LogP contribution in [0.25, 0.3) is 22.5 Å². The maximum absolute atomic E-state index is 4.65. The standard InChI is InChI=1S/C17H11N.C5H9N2.Ni/c1-3-8-14(9-4-1)16-12-7-13-17(18-16)15-10-5-2-6-11-15;1-6-3-4-7(2)5-6;/h1-8,10,12-13H;3-5H,1-2H3;/q-2;-1;+3. The Morgan fingerprint density at radius 3 is 1.58 bits per heavy atom. The zero-order valence-corrected chi connectivity index (χ0v) is 15.7. The van der Waals surface area contributed by atoms with Gasteiger partial charge in [-0.05, 0) is 37.9 Å². The molecule has 3 aromatic rings. The van der Waals surface area contributed by atoms with Gasteiger partial charge in [-0.1, -0.05) is 18.2 Å². The number of pyridine rings is 1. The summed E-state index contributed by atoms with van der Waals surface area (Å²) in [7, 11) is 4.00. The summed E-state index contributed by atoms with van der Waals surface area (Å²) in [5, 5.41) is 0. The molecule has 3 nitrogen and oxygen atoms in total. The van der Waals surface area contributed by atoms with Gasteiger partial charge in [-0.3, -0.25) is 0 Å². The number of benzene rings is 2. The predicted octanol–water partition coefficient (Wildman–Crippen LogP) is 4.47. The largest absolute Gasteiger partial charge is 3.00 e. The van der Waals surface area contributed by atoms with E-state index in [0.717, 1.165) is 22.5 Å². The smallest absolute Gasteiger partial charge is 0.511 e. The molecule has 0 amide bonds. The number of nitrogens with zero attached hydrogens (tertiary/aromatic N) is 3. The van der Waals surface area contributed by atoms with E-state index in [-0.39, 0.29) is 16.5 Å². The van der Waals surface area contributed by atoms with Gasteiger partial charge in [-0.25, -0.2) is 0 Å². The molecule has 0 saturated carbocycles. The fraction of sp³-hybridized carbons (Fsp3) is 0.0909. The number of hydrogen-bond acceptors (Lipinski definition) is 3. The second-order valence-electron chi connectivity index (χ2n) is 5.71. The van der Waals surface area contributed by atoms with Crippen LogP contribution in [0.5, 0.6) is 0 Å². The van der Waals surface area contributed by atoms with Gasteiger partial charge in [0.15, 0.2) is 0 Å². The molecule has 0 fully saturated rings. The van der Waals surface area contributed by atoms with Crippen molar-refractivity contribution in [3.8, 4) is 22.5 Å². The van der Waals surface area contributed by atoms with Gasteiger partial charge in [0.25, 0.3) is 0 Å². The molecular formula is C22H20N3Ni. The van der Waals surface area contributed by atoms with Gasteiger partial charge < -0.3 is 14.8 Å². The van der Waals surface area contributed by atoms with Crippen LogP contribution in [-0.2, 0) is 16.5 Å². The Bertz CT molecular complexity index is 754. The minimum atomic E-state index is 0. The van der Waals surface area contributed by atoms with Crippen LogP contribution in [0.4, 0.5) is 0 Å². The maximum atomic E-state index is 4.65. The molecule has 0 unspecified atom stereocenters. The Balaban J connectivity index is 0.000000258. The first-order valence-corrected chi connectivity index (χ1v) is 8.11. The third kappa shape index (κ3) is 5.47. The fourth-order valence-corrected chi connectivity index (χ4v) is 2.41. The number of aromatic nitrogens is 1. The van der Waals surface area contributed by atoms with E-state index in [1.165, 1.54) is 0 Å². The van der Waals surface area contributed by atoms with Crippen LogP contribution in [0.3, 0.4) is 0 Å². The molecule has 0 N–H and O–H groups in total. The van der Waals surface area contributed by atoms with Crippen LogP contribution >= 0.6 is 0 Å². The van der Waals surface area contributed by atoms with E-state index in [2.05, 4.69) is 17.1 Å². The van der Waals surface area contributed by atoms with Crippen molar-refractivity contribution >= 4 is 0 Å². The average Bonchev–Trinajstić information content (AvgIpc) is 3.06. The van der Waals surface area contributed by atoms with E-state index in [1.54, 1.807) is 0 Å². The summed E-state index contributed by atoms with van der Waals surface area (Å²) in [6, 6.07) is 28.1. The van der Waals surface area contributed by atoms with Crippen molar-refractivity contribution in [2.45, 2.75) is 0 Å². The van der Waals surface area contributed by atoms with Crippen LogP contribution in [0.15, 0.2) is 79.1 Å². The molecular weight excluding hydrogens is 365 g/mol. The summed E-state index contributed by atoms with van der Waals surface area (Å²) in [6.07, 6.45) is 4.00. The van der Waals surface area contributed by atoms with Crippen LogP contribution in [-0.4, -0.2) is 28.9 Å². The van der Waals surface area contributed by atoms with Gasteiger partial charge in [-0.2, -0.15) is 6.67 Å². The third-order valence-corrected chi connectivity index (χ3v) is 3.62. The van der Waals surface area contributed by atoms with Crippen molar-refractivity contribution in [2.75, 3.05) is 14.1 Å². The molecule has 133 valence electrons. The third-order valence-electron chi connectivity index (χ3n) is 3.62. The van der Waals surface area contributed by atoms with Gasteiger partial charge >= 0.3 is 16.5 Å². The molecule has 4 heteroatoms. The molecule has 26 heavy (non-hydrogen) atoms. The Morgan fingerprint density at radius 1 is 0.731 bits per heavy atom. The topological polar surface area (TPSA) is 19.4 Å². The molecule has 0 saturated heterocycles. The second kappa shape index (κ2) is 9.79. The summed E-state index contributed by atoms with van der Waals surface area (Å²) in [4.78, 5) is 8.65. The summed E-state index contributed by atoms with van der Waals surface area (Å²) in [6.45, 7) is 2.00. The van der Waals surface area contributed by atoms with Crippen molar-refractivity contribution in [1.82, 2.24) is 14.8 Å². The van der Waals surface area contributed by atoms with Crippen molar-refractivity contribution in [2.24, 2.45) is 0 Å². The van der Waals surface area contributed by atoms with Gasteiger partial charge in [0.2, 0.25) is 0 Å². The minimum Gasteiger partial charge on any atom is -0.511 e. The SMILES string of the molecule is CN1C=CN(C)[CH-]1.[Ni+3].[c-]1ccccc1-c1cccc(-c2[c-]cccc2)n1. The summed E-state index contributed by atoms with van der Waals surface area (Å²) in [5.41, 5.74) is 3.89. The molecule has 1 aliphatic heterocycles. The van der Waals surface area contributed by atoms with Crippen molar-refractivity contribution in [3.05, 3.63) is 97.9 Å². The van der Waals surface area contributed by atoms with E-state index in [4.69, 9.17) is 0 Å². The van der Waals surface area contributed by atoms with E-state index < -0.39 is 0 Å². The maximum Gasteiger partial charge on any atom is 3.00 e. The molecule has 1 radical (unpaired) electrons. The quantitative estimate of drug-likeness (QED) is 0.480. The zero-order valence-electron chi connectivity index (χ0n) is 14.7. The molecule has 1 aliphatic rings. The Hall–Kier alpha value is -2.58. The monoisotopic (exact) mass is 384 g/mol. The van der Waals surface area contributed by atoms with E-state index in [0.29, 0.717) is 0 Å². The second-order valence-corrected chi connectivity index (χ2v) is 5.71. The van der Waals surface area contributed by atoms with Gasteiger partial charge in [-0.15, -0.1) is 71.8 Å². The van der Waals surface area contributed by atoms with Crippen molar-refractivity contribution in [3.63, 3.8) is 0 Å². The van der Waals surface area contributed by atoms with Crippen LogP contribution in [0.1, 0.15) is 0 Å². The predicted molar refractivity (Wildman–Crippen MR) is 102 cm³/mol. The molecule has 1 aromatic heterocycles. The molecule has 2 aromatic carbocycles.